The fraction of sp³-hybridized carbons (Fsp3) is 0.452. The number of halogens is 1. The van der Waals surface area contributed by atoms with Gasteiger partial charge in [-0.05, 0) is 80.3 Å². The van der Waals surface area contributed by atoms with E-state index in [1.54, 1.807) is 0 Å². The topological polar surface area (TPSA) is 62.8 Å². The molecule has 1 amide bonds. The molecule has 0 aromatic heterocycles. The van der Waals surface area contributed by atoms with Crippen LogP contribution in [0.5, 0.6) is 11.5 Å². The van der Waals surface area contributed by atoms with Gasteiger partial charge < -0.3 is 20.1 Å². The maximum absolute atomic E-state index is 13.4. The number of allylic oxidation sites excluding steroid dienone is 2. The molecule has 0 saturated carbocycles. The maximum Gasteiger partial charge on any atom is 0.237 e. The van der Waals surface area contributed by atoms with Gasteiger partial charge in [-0.25, -0.2) is 0 Å². The molecule has 3 atom stereocenters. The van der Waals surface area contributed by atoms with Crippen LogP contribution >= 0.6 is 11.6 Å². The van der Waals surface area contributed by atoms with Crippen LogP contribution in [0.1, 0.15) is 43.7 Å². The smallest absolute Gasteiger partial charge is 0.237 e. The number of nitrogens with zero attached hydrogens (tertiary/aromatic N) is 1. The van der Waals surface area contributed by atoms with E-state index in [-0.39, 0.29) is 24.8 Å². The van der Waals surface area contributed by atoms with Crippen LogP contribution < -0.4 is 20.1 Å². The first kappa shape index (κ1) is 26.8. The number of hydrogen-bond donors (Lipinski definition) is 2. The van der Waals surface area contributed by atoms with Gasteiger partial charge in [0.1, 0.15) is 0 Å². The fourth-order valence-corrected chi connectivity index (χ4v) is 5.90. The van der Waals surface area contributed by atoms with Crippen molar-refractivity contribution in [3.05, 3.63) is 82.4 Å². The molecule has 3 aliphatic rings. The average molecular weight is 536 g/mol. The van der Waals surface area contributed by atoms with Crippen LogP contribution in [0.2, 0.25) is 5.02 Å². The monoisotopic (exact) mass is 535 g/mol. The van der Waals surface area contributed by atoms with E-state index in [0.29, 0.717) is 19.0 Å². The highest BCUT2D eigenvalue weighted by Gasteiger charge is 2.36. The summed E-state index contributed by atoms with van der Waals surface area (Å²) >= 11 is 6.25. The molecule has 1 fully saturated rings. The molecule has 1 aliphatic carbocycles. The van der Waals surface area contributed by atoms with Gasteiger partial charge >= 0.3 is 0 Å². The predicted molar refractivity (Wildman–Crippen MR) is 152 cm³/mol. The van der Waals surface area contributed by atoms with Crippen LogP contribution in [0.25, 0.3) is 0 Å². The number of amides is 1. The molecular weight excluding hydrogens is 498 g/mol. The lowest BCUT2D eigenvalue weighted by molar-refractivity contribution is -0.125. The van der Waals surface area contributed by atoms with Crippen molar-refractivity contribution in [2.45, 2.75) is 57.7 Å². The summed E-state index contributed by atoms with van der Waals surface area (Å²) in [5.74, 6) is 2.25. The largest absolute Gasteiger partial charge is 0.454 e. The van der Waals surface area contributed by atoms with E-state index in [0.717, 1.165) is 66.4 Å². The summed E-state index contributed by atoms with van der Waals surface area (Å²) in [6, 6.07) is 13.9. The summed E-state index contributed by atoms with van der Waals surface area (Å²) in [7, 11) is 0. The van der Waals surface area contributed by atoms with Crippen LogP contribution in [-0.2, 0) is 17.8 Å². The lowest BCUT2D eigenvalue weighted by atomic mass is 9.85. The van der Waals surface area contributed by atoms with Crippen LogP contribution in [0.15, 0.2) is 66.3 Å². The highest BCUT2D eigenvalue weighted by molar-refractivity contribution is 6.30. The number of rotatable bonds is 10. The Hall–Kier alpha value is -2.80. The van der Waals surface area contributed by atoms with E-state index in [1.165, 1.54) is 17.6 Å². The third kappa shape index (κ3) is 6.79. The summed E-state index contributed by atoms with van der Waals surface area (Å²) < 4.78 is 10.9. The predicted octanol–water partition coefficient (Wildman–Crippen LogP) is 5.26. The lowest BCUT2D eigenvalue weighted by Crippen LogP contribution is -2.43. The summed E-state index contributed by atoms with van der Waals surface area (Å²) in [4.78, 5) is 15.7. The third-order valence-electron chi connectivity index (χ3n) is 7.95. The molecule has 2 aliphatic heterocycles. The Labute approximate surface area is 231 Å². The van der Waals surface area contributed by atoms with Crippen molar-refractivity contribution in [1.29, 1.82) is 0 Å². The van der Waals surface area contributed by atoms with Gasteiger partial charge in [-0.15, -0.1) is 0 Å². The lowest BCUT2D eigenvalue weighted by Gasteiger charge is -2.24. The zero-order valence-electron chi connectivity index (χ0n) is 22.2. The molecule has 0 spiro atoms. The van der Waals surface area contributed by atoms with E-state index in [9.17, 15) is 4.79 Å². The second-order valence-corrected chi connectivity index (χ2v) is 11.2. The van der Waals surface area contributed by atoms with Gasteiger partial charge in [-0.1, -0.05) is 53.6 Å². The van der Waals surface area contributed by atoms with E-state index in [4.69, 9.17) is 21.1 Å². The Morgan fingerprint density at radius 2 is 2.03 bits per heavy atom. The maximum atomic E-state index is 13.4. The van der Waals surface area contributed by atoms with E-state index >= 15 is 0 Å². The van der Waals surface area contributed by atoms with Crippen LogP contribution in [0.3, 0.4) is 0 Å². The molecule has 0 radical (unpaired) electrons. The number of carbonyl (C=O) groups is 1. The number of hydrogen-bond acceptors (Lipinski definition) is 5. The quantitative estimate of drug-likeness (QED) is 0.406. The Morgan fingerprint density at radius 3 is 2.82 bits per heavy atom. The van der Waals surface area contributed by atoms with Gasteiger partial charge in [0, 0.05) is 37.2 Å². The summed E-state index contributed by atoms with van der Waals surface area (Å²) in [5.41, 5.74) is 5.00. The fourth-order valence-electron chi connectivity index (χ4n) is 5.69. The molecular formula is C31H38ClN3O3. The van der Waals surface area contributed by atoms with Gasteiger partial charge in [-0.2, -0.15) is 0 Å². The van der Waals surface area contributed by atoms with Crippen molar-refractivity contribution < 1.29 is 14.3 Å². The minimum atomic E-state index is -0.184. The van der Waals surface area contributed by atoms with Crippen molar-refractivity contribution in [1.82, 2.24) is 15.5 Å². The highest BCUT2D eigenvalue weighted by Crippen LogP contribution is 2.32. The molecule has 6 nitrogen and oxygen atoms in total. The van der Waals surface area contributed by atoms with Crippen molar-refractivity contribution in [2.75, 3.05) is 26.4 Å². The number of likely N-dealkylation sites (tertiary alicyclic amines) is 1. The van der Waals surface area contributed by atoms with E-state index in [2.05, 4.69) is 41.2 Å². The molecule has 5 rings (SSSR count). The SMILES string of the molecule is C=C(C)[C@@H]1CC=C(CN[C@H]2C[C@@H](C(=O)NCCc3ccc4c(c3)OCO4)N(Cc3cccc(Cl)c3)C2)CC1. The zero-order valence-corrected chi connectivity index (χ0v) is 22.9. The number of nitrogens with one attached hydrogen (secondary N) is 2. The van der Waals surface area contributed by atoms with Crippen molar-refractivity contribution in [3.63, 3.8) is 0 Å². The number of benzene rings is 2. The van der Waals surface area contributed by atoms with Gasteiger partial charge in [0.05, 0.1) is 6.04 Å². The summed E-state index contributed by atoms with van der Waals surface area (Å²) in [5, 5.41) is 7.65. The molecule has 38 heavy (non-hydrogen) atoms. The van der Waals surface area contributed by atoms with Crippen LogP contribution in [0, 0.1) is 5.92 Å². The molecule has 2 aromatic carbocycles. The Kier molecular flexibility index (Phi) is 8.72. The van der Waals surface area contributed by atoms with Crippen LogP contribution in [-0.4, -0.2) is 49.3 Å². The normalized spacial score (nSPS) is 22.8. The first-order valence-corrected chi connectivity index (χ1v) is 14.0. The Morgan fingerprint density at radius 1 is 1.16 bits per heavy atom. The first-order chi connectivity index (χ1) is 18.4. The first-order valence-electron chi connectivity index (χ1n) is 13.7. The van der Waals surface area contributed by atoms with Gasteiger partial charge in [0.25, 0.3) is 0 Å². The van der Waals surface area contributed by atoms with Gasteiger partial charge in [0.2, 0.25) is 12.7 Å². The second kappa shape index (κ2) is 12.4. The standard InChI is InChI=1S/C31H38ClN3O3/c1-21(2)25-9-6-23(7-10-25)17-34-27-16-28(35(19-27)18-24-4-3-5-26(32)14-24)31(36)33-13-12-22-8-11-29-30(15-22)38-20-37-29/h3-6,8,11,14-15,25,27-28,34H,1,7,9-10,12-13,16-20H2,2H3,(H,33,36)/t25-,27+,28+/m1/s1. The van der Waals surface area contributed by atoms with Crippen LogP contribution in [0.4, 0.5) is 0 Å². The van der Waals surface area contributed by atoms with Gasteiger partial charge in [0.15, 0.2) is 11.5 Å². The Balaban J connectivity index is 1.18. The molecule has 0 unspecified atom stereocenters. The number of carbonyl (C=O) groups excluding carboxylic acids is 1. The molecule has 0 bridgehead atoms. The van der Waals surface area contributed by atoms with Crippen molar-refractivity contribution in [2.24, 2.45) is 5.92 Å². The third-order valence-corrected chi connectivity index (χ3v) is 8.19. The van der Waals surface area contributed by atoms with Crippen molar-refractivity contribution in [3.8, 4) is 11.5 Å². The molecule has 202 valence electrons. The van der Waals surface area contributed by atoms with E-state index < -0.39 is 0 Å². The highest BCUT2D eigenvalue weighted by atomic mass is 35.5. The molecule has 7 heteroatoms. The minimum absolute atomic E-state index is 0.0817. The minimum Gasteiger partial charge on any atom is -0.454 e. The number of fused-ring (bicyclic) bond motifs is 1. The molecule has 2 N–H and O–H groups in total. The van der Waals surface area contributed by atoms with E-state index in [1.807, 2.05) is 36.4 Å². The summed E-state index contributed by atoms with van der Waals surface area (Å²) in [6.07, 6.45) is 7.31. The molecule has 2 aromatic rings. The van der Waals surface area contributed by atoms with Gasteiger partial charge in [-0.3, -0.25) is 9.69 Å². The molecule has 2 heterocycles. The Bertz CT molecular complexity index is 1200. The summed E-state index contributed by atoms with van der Waals surface area (Å²) in [6.45, 7) is 9.52. The molecule has 1 saturated heterocycles. The van der Waals surface area contributed by atoms with Crippen molar-refractivity contribution >= 4 is 17.5 Å². The zero-order chi connectivity index (χ0) is 26.5. The average Bonchev–Trinajstić information content (AvgIpc) is 3.54. The number of ether oxygens (including phenoxy) is 2. The second-order valence-electron chi connectivity index (χ2n) is 10.8.